The van der Waals surface area contributed by atoms with Crippen molar-refractivity contribution in [3.63, 3.8) is 0 Å². The van der Waals surface area contributed by atoms with Crippen molar-refractivity contribution >= 4 is 45.8 Å². The summed E-state index contributed by atoms with van der Waals surface area (Å²) in [4.78, 5) is 34.2. The van der Waals surface area contributed by atoms with Crippen LogP contribution < -0.4 is 16.0 Å². The molecule has 0 bridgehead atoms. The Kier molecular flexibility index (Phi) is 7.99. The number of imidazole rings is 1. The van der Waals surface area contributed by atoms with Crippen LogP contribution in [0, 0.1) is 6.92 Å². The first kappa shape index (κ1) is 28.1. The van der Waals surface area contributed by atoms with E-state index >= 15 is 0 Å². The number of alkyl halides is 3. The average Bonchev–Trinajstić information content (AvgIpc) is 3.56. The summed E-state index contributed by atoms with van der Waals surface area (Å²) < 4.78 is 40.4. The van der Waals surface area contributed by atoms with Gasteiger partial charge in [0.15, 0.2) is 0 Å². The lowest BCUT2D eigenvalue weighted by atomic mass is 10.1. The zero-order valence-electron chi connectivity index (χ0n) is 20.2. The predicted molar refractivity (Wildman–Crippen MR) is 146 cm³/mol. The maximum atomic E-state index is 13.5. The Hall–Kier alpha value is -3.89. The number of nitrogens with zero attached hydrogens (tertiary/aromatic N) is 1. The third-order valence-corrected chi connectivity index (χ3v) is 6.90. The Morgan fingerprint density at radius 2 is 1.77 bits per heavy atom. The molecule has 0 radical (unpaired) electrons. The van der Waals surface area contributed by atoms with Gasteiger partial charge in [-0.05, 0) is 68.3 Å². The number of anilines is 2. The van der Waals surface area contributed by atoms with E-state index in [1.165, 1.54) is 18.2 Å². The van der Waals surface area contributed by atoms with E-state index in [1.54, 1.807) is 31.2 Å². The Morgan fingerprint density at radius 1 is 1.03 bits per heavy atom. The second-order valence-corrected chi connectivity index (χ2v) is 9.46. The summed E-state index contributed by atoms with van der Waals surface area (Å²) in [6, 6.07) is 12.6. The monoisotopic (exact) mass is 557 g/mol. The number of benzene rings is 3. The second kappa shape index (κ2) is 11.1. The number of amides is 2. The fourth-order valence-corrected chi connectivity index (χ4v) is 4.70. The van der Waals surface area contributed by atoms with E-state index in [4.69, 9.17) is 11.6 Å². The van der Waals surface area contributed by atoms with Crippen LogP contribution in [0.2, 0.25) is 5.02 Å². The van der Waals surface area contributed by atoms with Crippen LogP contribution in [0.1, 0.15) is 64.0 Å². The molecule has 1 aromatic heterocycles. The number of carbonyl (C=O) groups excluding carboxylic acids is 2. The molecule has 0 unspecified atom stereocenters. The molecule has 7 nitrogen and oxygen atoms in total. The summed E-state index contributed by atoms with van der Waals surface area (Å²) >= 11 is 6.20. The van der Waals surface area contributed by atoms with Crippen molar-refractivity contribution in [2.45, 2.75) is 39.4 Å². The Morgan fingerprint density at radius 3 is 2.49 bits per heavy atom. The lowest BCUT2D eigenvalue weighted by Crippen LogP contribution is -2.19. The van der Waals surface area contributed by atoms with Crippen molar-refractivity contribution < 1.29 is 22.8 Å². The van der Waals surface area contributed by atoms with Crippen molar-refractivity contribution in [1.29, 1.82) is 0 Å². The summed E-state index contributed by atoms with van der Waals surface area (Å²) in [6.45, 7) is 2.60. The molecule has 1 saturated heterocycles. The number of hydrogen-bond donors (Lipinski definition) is 4. The molecule has 39 heavy (non-hydrogen) atoms. The molecule has 0 spiro atoms. The highest BCUT2D eigenvalue weighted by Crippen LogP contribution is 2.33. The summed E-state index contributed by atoms with van der Waals surface area (Å²) in [5.41, 5.74) is 0.708. The molecule has 4 N–H and O–H groups in total. The molecule has 1 atom stereocenters. The summed E-state index contributed by atoms with van der Waals surface area (Å²) in [5, 5.41) is 9.16. The lowest BCUT2D eigenvalue weighted by Gasteiger charge is -2.14. The third kappa shape index (κ3) is 5.76. The van der Waals surface area contributed by atoms with E-state index < -0.39 is 29.1 Å². The lowest BCUT2D eigenvalue weighted by molar-refractivity contribution is -0.137. The number of carbonyl (C=O) groups is 2. The van der Waals surface area contributed by atoms with Gasteiger partial charge < -0.3 is 20.9 Å². The molecule has 0 saturated carbocycles. The van der Waals surface area contributed by atoms with Crippen LogP contribution in [0.3, 0.4) is 0 Å². The van der Waals surface area contributed by atoms with Gasteiger partial charge in [0.05, 0.1) is 28.2 Å². The minimum Gasteiger partial charge on any atom is -0.341 e. The highest BCUT2D eigenvalue weighted by molar-refractivity contribution is 6.31. The van der Waals surface area contributed by atoms with Gasteiger partial charge in [-0.1, -0.05) is 37.2 Å². The van der Waals surface area contributed by atoms with Crippen LogP contribution in [-0.2, 0) is 6.18 Å². The standard InChI is InChI=1S/C27H23ClF3N5O2.CH4/c1-14-19(28)8-4-9-20(14)35-26(38)17-12-15(13-22-23(17)36-24(34-22)21-10-5-11-32-21)33-25(37)16-6-2-3-7-18(16)27(29,30)31;/h2-4,6-9,12-13,21,32H,5,10-11H2,1H3,(H,33,37)(H,34,36)(H,35,38);1H4/t21-;/m0./s1. The zero-order chi connectivity index (χ0) is 27.0. The molecular weight excluding hydrogens is 531 g/mol. The highest BCUT2D eigenvalue weighted by atomic mass is 35.5. The van der Waals surface area contributed by atoms with Crippen LogP contribution in [0.15, 0.2) is 54.6 Å². The van der Waals surface area contributed by atoms with Gasteiger partial charge in [0.2, 0.25) is 0 Å². The van der Waals surface area contributed by atoms with Crippen molar-refractivity contribution in [3.05, 3.63) is 87.7 Å². The van der Waals surface area contributed by atoms with Gasteiger partial charge in [-0.3, -0.25) is 9.59 Å². The molecule has 4 aromatic rings. The summed E-state index contributed by atoms with van der Waals surface area (Å²) in [7, 11) is 0. The van der Waals surface area contributed by atoms with E-state index in [2.05, 4.69) is 25.9 Å². The van der Waals surface area contributed by atoms with E-state index in [0.717, 1.165) is 31.5 Å². The first-order valence-electron chi connectivity index (χ1n) is 11.9. The number of nitrogens with one attached hydrogen (secondary N) is 4. The topological polar surface area (TPSA) is 98.9 Å². The predicted octanol–water partition coefficient (Wildman–Crippen LogP) is 7.11. The molecule has 2 amide bonds. The molecule has 3 aromatic carbocycles. The minimum atomic E-state index is -4.70. The smallest absolute Gasteiger partial charge is 0.341 e. The highest BCUT2D eigenvalue weighted by Gasteiger charge is 2.35. The van der Waals surface area contributed by atoms with Crippen molar-refractivity contribution in [2.75, 3.05) is 17.2 Å². The number of rotatable bonds is 5. The molecule has 1 aliphatic heterocycles. The maximum absolute atomic E-state index is 13.5. The van der Waals surface area contributed by atoms with Gasteiger partial charge in [0, 0.05) is 16.4 Å². The largest absolute Gasteiger partial charge is 0.417 e. The minimum absolute atomic E-state index is 0. The van der Waals surface area contributed by atoms with Crippen LogP contribution in [0.5, 0.6) is 0 Å². The van der Waals surface area contributed by atoms with Crippen LogP contribution in [0.4, 0.5) is 24.5 Å². The van der Waals surface area contributed by atoms with Crippen molar-refractivity contribution in [1.82, 2.24) is 15.3 Å². The van der Waals surface area contributed by atoms with Crippen LogP contribution in [-0.4, -0.2) is 28.3 Å². The number of H-pyrrole nitrogens is 1. The van der Waals surface area contributed by atoms with Gasteiger partial charge in [-0.25, -0.2) is 4.98 Å². The normalized spacial score (nSPS) is 15.2. The molecule has 2 heterocycles. The average molecular weight is 558 g/mol. The molecule has 1 fully saturated rings. The summed E-state index contributed by atoms with van der Waals surface area (Å²) in [6.07, 6.45) is -2.87. The van der Waals surface area contributed by atoms with Crippen LogP contribution in [0.25, 0.3) is 11.0 Å². The second-order valence-electron chi connectivity index (χ2n) is 9.05. The Labute approximate surface area is 228 Å². The van der Waals surface area contributed by atoms with Gasteiger partial charge >= 0.3 is 6.18 Å². The van der Waals surface area contributed by atoms with Crippen molar-refractivity contribution in [3.8, 4) is 0 Å². The summed E-state index contributed by atoms with van der Waals surface area (Å²) in [5.74, 6) is -0.826. The Bertz CT molecular complexity index is 1540. The Balaban J connectivity index is 0.00000353. The fraction of sp³-hybridized carbons (Fsp3) is 0.250. The van der Waals surface area contributed by atoms with Crippen LogP contribution >= 0.6 is 11.6 Å². The number of aromatic amines is 1. The first-order valence-corrected chi connectivity index (χ1v) is 12.3. The number of hydrogen-bond acceptors (Lipinski definition) is 4. The molecule has 0 aliphatic carbocycles. The van der Waals surface area contributed by atoms with E-state index in [9.17, 15) is 22.8 Å². The quantitative estimate of drug-likeness (QED) is 0.210. The SMILES string of the molecule is C.Cc1c(Cl)cccc1NC(=O)c1cc(NC(=O)c2ccccc2C(F)(F)F)cc2[nH]c([C@@H]3CCCN3)nc12. The fourth-order valence-electron chi connectivity index (χ4n) is 4.52. The van der Waals surface area contributed by atoms with Gasteiger partial charge in [-0.2, -0.15) is 13.2 Å². The van der Waals surface area contributed by atoms with Gasteiger partial charge in [0.1, 0.15) is 11.3 Å². The molecule has 11 heteroatoms. The van der Waals surface area contributed by atoms with E-state index in [-0.39, 0.29) is 24.7 Å². The molecule has 204 valence electrons. The van der Waals surface area contributed by atoms with Gasteiger partial charge in [0.25, 0.3) is 11.8 Å². The molecule has 5 rings (SSSR count). The first-order chi connectivity index (χ1) is 18.1. The molecular formula is C28H27ClF3N5O2. The molecule has 1 aliphatic rings. The van der Waals surface area contributed by atoms with Crippen molar-refractivity contribution in [2.24, 2.45) is 0 Å². The number of halogens is 4. The van der Waals surface area contributed by atoms with Gasteiger partial charge in [-0.15, -0.1) is 0 Å². The zero-order valence-corrected chi connectivity index (χ0v) is 20.9. The van der Waals surface area contributed by atoms with E-state index in [0.29, 0.717) is 33.1 Å². The number of fused-ring (bicyclic) bond motifs is 1. The third-order valence-electron chi connectivity index (χ3n) is 6.49. The number of aromatic nitrogens is 2. The maximum Gasteiger partial charge on any atom is 0.417 e. The van der Waals surface area contributed by atoms with E-state index in [1.807, 2.05) is 0 Å².